The molecule has 0 fully saturated rings. The van der Waals surface area contributed by atoms with Crippen molar-refractivity contribution in [2.75, 3.05) is 5.32 Å². The second kappa shape index (κ2) is 7.10. The number of aromatic nitrogens is 1. The van der Waals surface area contributed by atoms with Gasteiger partial charge in [0.15, 0.2) is 0 Å². The fourth-order valence-electron chi connectivity index (χ4n) is 2.04. The molecule has 1 aromatic carbocycles. The van der Waals surface area contributed by atoms with Crippen LogP contribution in [0.2, 0.25) is 0 Å². The van der Waals surface area contributed by atoms with E-state index in [4.69, 9.17) is 9.15 Å². The Morgan fingerprint density at radius 2 is 2.17 bits per heavy atom. The Hall–Kier alpha value is -2.93. The number of hydrogen-bond donors (Lipinski definition) is 1. The lowest BCUT2D eigenvalue weighted by atomic mass is 10.2. The fourth-order valence-corrected chi connectivity index (χ4v) is 2.69. The first kappa shape index (κ1) is 15.9. The molecule has 122 valence electrons. The molecule has 3 rings (SSSR count). The predicted octanol–water partition coefficient (Wildman–Crippen LogP) is 3.72. The van der Waals surface area contributed by atoms with E-state index in [9.17, 15) is 9.59 Å². The molecule has 0 aliphatic carbocycles. The quantitative estimate of drug-likeness (QED) is 0.715. The zero-order valence-electron chi connectivity index (χ0n) is 12.8. The fraction of sp³-hybridized carbons (Fsp3) is 0.118. The molecule has 0 saturated heterocycles. The van der Waals surface area contributed by atoms with Crippen molar-refractivity contribution in [1.82, 2.24) is 4.98 Å². The van der Waals surface area contributed by atoms with Gasteiger partial charge in [-0.05, 0) is 29.6 Å². The van der Waals surface area contributed by atoms with Crippen molar-refractivity contribution in [1.29, 1.82) is 0 Å². The lowest BCUT2D eigenvalue weighted by Gasteiger charge is -2.05. The monoisotopic (exact) mass is 342 g/mol. The van der Waals surface area contributed by atoms with Crippen molar-refractivity contribution in [3.05, 3.63) is 59.3 Å². The van der Waals surface area contributed by atoms with E-state index in [1.54, 1.807) is 24.3 Å². The maximum atomic E-state index is 12.1. The number of ether oxygens (including phenoxy) is 1. The first-order chi connectivity index (χ1) is 11.6. The number of thiophene rings is 1. The number of nitrogens with zero attached hydrogens (tertiary/aromatic N) is 1. The first-order valence-electron chi connectivity index (χ1n) is 7.15. The molecule has 7 heteroatoms. The minimum atomic E-state index is -0.497. The van der Waals surface area contributed by atoms with Gasteiger partial charge in [-0.15, -0.1) is 11.3 Å². The highest BCUT2D eigenvalue weighted by Crippen LogP contribution is 2.24. The molecule has 0 bridgehead atoms. The van der Waals surface area contributed by atoms with Crippen molar-refractivity contribution in [2.45, 2.75) is 13.5 Å². The molecule has 24 heavy (non-hydrogen) atoms. The number of nitrogens with one attached hydrogen (secondary N) is 1. The number of esters is 1. The Morgan fingerprint density at radius 1 is 1.29 bits per heavy atom. The van der Waals surface area contributed by atoms with Gasteiger partial charge in [-0.25, -0.2) is 9.78 Å². The van der Waals surface area contributed by atoms with Crippen LogP contribution in [0.25, 0.3) is 10.8 Å². The third kappa shape index (κ3) is 3.88. The van der Waals surface area contributed by atoms with Crippen LogP contribution in [0.1, 0.15) is 23.0 Å². The van der Waals surface area contributed by atoms with E-state index in [1.165, 1.54) is 24.5 Å². The highest BCUT2D eigenvalue weighted by molar-refractivity contribution is 7.13. The summed E-state index contributed by atoms with van der Waals surface area (Å²) in [7, 11) is 0. The second-order valence-electron chi connectivity index (χ2n) is 4.96. The summed E-state index contributed by atoms with van der Waals surface area (Å²) in [5, 5.41) is 4.55. The zero-order valence-corrected chi connectivity index (χ0v) is 13.6. The minimum Gasteiger partial charge on any atom is -0.455 e. The highest BCUT2D eigenvalue weighted by atomic mass is 32.1. The molecule has 0 unspecified atom stereocenters. The van der Waals surface area contributed by atoms with Gasteiger partial charge in [0.2, 0.25) is 11.8 Å². The number of carbonyl (C=O) groups is 2. The molecule has 0 spiro atoms. The number of oxazole rings is 1. The smallest absolute Gasteiger partial charge is 0.338 e. The molecule has 0 atom stereocenters. The van der Waals surface area contributed by atoms with E-state index in [1.807, 2.05) is 17.5 Å². The Balaban J connectivity index is 1.62. The van der Waals surface area contributed by atoms with Crippen LogP contribution < -0.4 is 5.32 Å². The van der Waals surface area contributed by atoms with Crippen molar-refractivity contribution in [2.24, 2.45) is 0 Å². The molecular formula is C17H14N2O4S. The topological polar surface area (TPSA) is 81.4 Å². The van der Waals surface area contributed by atoms with E-state index < -0.39 is 5.97 Å². The molecule has 6 nitrogen and oxygen atoms in total. The molecule has 2 aromatic heterocycles. The Labute approximate surface area is 142 Å². The predicted molar refractivity (Wildman–Crippen MR) is 89.7 cm³/mol. The minimum absolute atomic E-state index is 0.0120. The molecule has 2 heterocycles. The SMILES string of the molecule is CC(=O)Nc1cccc(C(=O)OCc2coc(-c3cccs3)n2)c1. The number of amides is 1. The summed E-state index contributed by atoms with van der Waals surface area (Å²) in [6, 6.07) is 10.4. The third-order valence-electron chi connectivity index (χ3n) is 3.05. The third-order valence-corrected chi connectivity index (χ3v) is 3.91. The number of rotatable bonds is 5. The van der Waals surface area contributed by atoms with E-state index in [0.29, 0.717) is 22.8 Å². The largest absolute Gasteiger partial charge is 0.455 e. The normalized spacial score (nSPS) is 10.4. The van der Waals surface area contributed by atoms with Crippen LogP contribution >= 0.6 is 11.3 Å². The molecule has 0 aliphatic heterocycles. The molecular weight excluding hydrogens is 328 g/mol. The van der Waals surface area contributed by atoms with Crippen molar-refractivity contribution < 1.29 is 18.7 Å². The summed E-state index contributed by atoms with van der Waals surface area (Å²) in [6.45, 7) is 1.42. The lowest BCUT2D eigenvalue weighted by Crippen LogP contribution is -2.09. The number of anilines is 1. The summed E-state index contributed by atoms with van der Waals surface area (Å²) < 4.78 is 10.6. The molecule has 0 aliphatic rings. The van der Waals surface area contributed by atoms with Crippen LogP contribution in [0.15, 0.2) is 52.5 Å². The van der Waals surface area contributed by atoms with Crippen LogP contribution in [0.5, 0.6) is 0 Å². The average Bonchev–Trinajstić information content (AvgIpc) is 3.23. The van der Waals surface area contributed by atoms with Gasteiger partial charge in [0, 0.05) is 12.6 Å². The van der Waals surface area contributed by atoms with Crippen molar-refractivity contribution >= 4 is 28.9 Å². The van der Waals surface area contributed by atoms with Gasteiger partial charge in [-0.2, -0.15) is 0 Å². The van der Waals surface area contributed by atoms with Gasteiger partial charge in [0.05, 0.1) is 10.4 Å². The van der Waals surface area contributed by atoms with Gasteiger partial charge in [0.1, 0.15) is 18.6 Å². The van der Waals surface area contributed by atoms with Crippen LogP contribution in [0, 0.1) is 0 Å². The lowest BCUT2D eigenvalue weighted by molar-refractivity contribution is -0.114. The van der Waals surface area contributed by atoms with E-state index in [-0.39, 0.29) is 12.5 Å². The summed E-state index contributed by atoms with van der Waals surface area (Å²) in [4.78, 5) is 28.4. The van der Waals surface area contributed by atoms with Gasteiger partial charge >= 0.3 is 5.97 Å². The van der Waals surface area contributed by atoms with Crippen molar-refractivity contribution in [3.8, 4) is 10.8 Å². The van der Waals surface area contributed by atoms with Crippen LogP contribution in [-0.2, 0) is 16.1 Å². The van der Waals surface area contributed by atoms with Crippen molar-refractivity contribution in [3.63, 3.8) is 0 Å². The summed E-state index contributed by atoms with van der Waals surface area (Å²) in [6.07, 6.45) is 1.47. The maximum Gasteiger partial charge on any atom is 0.338 e. The number of hydrogen-bond acceptors (Lipinski definition) is 6. The van der Waals surface area contributed by atoms with Gasteiger partial charge < -0.3 is 14.5 Å². The Morgan fingerprint density at radius 3 is 2.92 bits per heavy atom. The van der Waals surface area contributed by atoms with E-state index in [0.717, 1.165) is 4.88 Å². The second-order valence-corrected chi connectivity index (χ2v) is 5.91. The van der Waals surface area contributed by atoms with Gasteiger partial charge in [-0.3, -0.25) is 4.79 Å². The summed E-state index contributed by atoms with van der Waals surface area (Å²) >= 11 is 1.52. The van der Waals surface area contributed by atoms with E-state index >= 15 is 0 Å². The number of carbonyl (C=O) groups excluding carboxylic acids is 2. The van der Waals surface area contributed by atoms with E-state index in [2.05, 4.69) is 10.3 Å². The summed E-state index contributed by atoms with van der Waals surface area (Å²) in [5.74, 6) is -0.198. The summed E-state index contributed by atoms with van der Waals surface area (Å²) in [5.41, 5.74) is 1.42. The standard InChI is InChI=1S/C17H14N2O4S/c1-11(20)18-13-5-2-4-12(8-13)17(21)23-10-14-9-22-16(19-14)15-6-3-7-24-15/h2-9H,10H2,1H3,(H,18,20). The molecule has 1 amide bonds. The van der Waals surface area contributed by atoms with Crippen LogP contribution in [-0.4, -0.2) is 16.9 Å². The maximum absolute atomic E-state index is 12.1. The van der Waals surface area contributed by atoms with Gasteiger partial charge in [-0.1, -0.05) is 12.1 Å². The number of benzene rings is 1. The van der Waals surface area contributed by atoms with Crippen LogP contribution in [0.3, 0.4) is 0 Å². The first-order valence-corrected chi connectivity index (χ1v) is 8.03. The highest BCUT2D eigenvalue weighted by Gasteiger charge is 2.12. The molecule has 3 aromatic rings. The molecule has 0 saturated carbocycles. The average molecular weight is 342 g/mol. The molecule has 1 N–H and O–H groups in total. The Kier molecular flexibility index (Phi) is 4.72. The van der Waals surface area contributed by atoms with Crippen LogP contribution in [0.4, 0.5) is 5.69 Å². The Bertz CT molecular complexity index is 855. The zero-order chi connectivity index (χ0) is 16.9. The van der Waals surface area contributed by atoms with Gasteiger partial charge in [0.25, 0.3) is 0 Å². The molecule has 0 radical (unpaired) electrons.